The summed E-state index contributed by atoms with van der Waals surface area (Å²) < 4.78 is 6.12. The third-order valence-electron chi connectivity index (χ3n) is 2.89. The van der Waals surface area contributed by atoms with E-state index >= 15 is 0 Å². The van der Waals surface area contributed by atoms with Crippen LogP contribution in [0.15, 0.2) is 39.7 Å². The minimum atomic E-state index is -1.11. The van der Waals surface area contributed by atoms with Crippen LogP contribution in [0.3, 0.4) is 0 Å². The van der Waals surface area contributed by atoms with Crippen molar-refractivity contribution in [3.8, 4) is 5.88 Å². The van der Waals surface area contributed by atoms with Gasteiger partial charge < -0.3 is 25.0 Å². The molecule has 0 aliphatic rings. The van der Waals surface area contributed by atoms with Gasteiger partial charge in [-0.1, -0.05) is 6.07 Å². The summed E-state index contributed by atoms with van der Waals surface area (Å²) in [5, 5.41) is 10.7. The predicted molar refractivity (Wildman–Crippen MR) is 88.6 cm³/mol. The molecule has 1 amide bonds. The molecule has 0 atom stereocenters. The number of hydrogen-bond donors (Lipinski definition) is 3. The fourth-order valence-corrected chi connectivity index (χ4v) is 2.13. The van der Waals surface area contributed by atoms with E-state index in [0.717, 1.165) is 4.47 Å². The number of ether oxygens (including phenoxy) is 1. The van der Waals surface area contributed by atoms with Crippen molar-refractivity contribution in [3.63, 3.8) is 0 Å². The van der Waals surface area contributed by atoms with Crippen molar-refractivity contribution in [2.24, 2.45) is 0 Å². The Hall–Kier alpha value is -2.55. The lowest BCUT2D eigenvalue weighted by atomic mass is 10.3. The smallest absolute Gasteiger partial charge is 0.404 e. The van der Waals surface area contributed by atoms with Crippen LogP contribution in [-0.4, -0.2) is 41.4 Å². The molecule has 0 saturated carbocycles. The van der Waals surface area contributed by atoms with Gasteiger partial charge in [-0.25, -0.2) is 4.79 Å². The fourth-order valence-electron chi connectivity index (χ4n) is 1.80. The molecule has 2 heterocycles. The predicted octanol–water partition coefficient (Wildman–Crippen LogP) is 1.95. The van der Waals surface area contributed by atoms with E-state index < -0.39 is 6.09 Å². The Kier molecular flexibility index (Phi) is 5.58. The maximum atomic E-state index is 11.9. The number of pyridine rings is 2. The van der Waals surface area contributed by atoms with Crippen molar-refractivity contribution >= 4 is 33.5 Å². The molecule has 0 saturated heterocycles. The van der Waals surface area contributed by atoms with Gasteiger partial charge >= 0.3 is 6.09 Å². The molecule has 2 rings (SSSR count). The monoisotopic (exact) mass is 382 g/mol. The normalized spacial score (nSPS) is 10.2. The minimum Gasteiger partial charge on any atom is -0.476 e. The van der Waals surface area contributed by atoms with Crippen LogP contribution >= 0.6 is 15.9 Å². The van der Waals surface area contributed by atoms with Crippen LogP contribution in [-0.2, 0) is 0 Å². The van der Waals surface area contributed by atoms with E-state index in [4.69, 9.17) is 9.84 Å². The lowest BCUT2D eigenvalue weighted by molar-refractivity contribution is 0.190. The summed E-state index contributed by atoms with van der Waals surface area (Å²) in [7, 11) is 1.72. The standard InChI is InChI=1S/C14H15BrN4O4/c1-19(10-7-9(15)8-17-13(10)20)11-3-2-4-12(18-11)23-6-5-16-14(21)22/h2-4,7-8,16H,5-6H2,1H3,(H,17,20)(H,21,22). The lowest BCUT2D eigenvalue weighted by Crippen LogP contribution is -2.26. The number of anilines is 2. The van der Waals surface area contributed by atoms with E-state index in [1.807, 2.05) is 0 Å². The Morgan fingerprint density at radius 3 is 3.04 bits per heavy atom. The fraction of sp³-hybridized carbons (Fsp3) is 0.214. The van der Waals surface area contributed by atoms with E-state index in [1.54, 1.807) is 42.4 Å². The molecule has 23 heavy (non-hydrogen) atoms. The second kappa shape index (κ2) is 7.63. The first-order valence-electron chi connectivity index (χ1n) is 6.66. The number of aromatic amines is 1. The van der Waals surface area contributed by atoms with Crippen LogP contribution in [0.2, 0.25) is 0 Å². The number of halogens is 1. The first kappa shape index (κ1) is 16.8. The third-order valence-corrected chi connectivity index (χ3v) is 3.35. The molecule has 0 bridgehead atoms. The highest BCUT2D eigenvalue weighted by atomic mass is 79.9. The van der Waals surface area contributed by atoms with Gasteiger partial charge in [-0.3, -0.25) is 4.79 Å². The van der Waals surface area contributed by atoms with Gasteiger partial charge in [0.1, 0.15) is 18.1 Å². The highest BCUT2D eigenvalue weighted by Crippen LogP contribution is 2.22. The molecule has 0 aromatic carbocycles. The van der Waals surface area contributed by atoms with Crippen LogP contribution in [0, 0.1) is 0 Å². The number of carbonyl (C=O) groups is 1. The summed E-state index contributed by atoms with van der Waals surface area (Å²) in [5.41, 5.74) is 0.186. The van der Waals surface area contributed by atoms with Gasteiger partial charge in [0, 0.05) is 23.8 Å². The molecule has 2 aromatic rings. The van der Waals surface area contributed by atoms with Crippen LogP contribution < -0.4 is 20.5 Å². The average molecular weight is 383 g/mol. The quantitative estimate of drug-likeness (QED) is 0.659. The van der Waals surface area contributed by atoms with Gasteiger partial charge in [0.15, 0.2) is 0 Å². The van der Waals surface area contributed by atoms with Crippen molar-refractivity contribution in [2.75, 3.05) is 25.1 Å². The largest absolute Gasteiger partial charge is 0.476 e. The van der Waals surface area contributed by atoms with Crippen LogP contribution in [0.5, 0.6) is 5.88 Å². The van der Waals surface area contributed by atoms with E-state index in [2.05, 4.69) is 31.2 Å². The van der Waals surface area contributed by atoms with Gasteiger partial charge in [-0.15, -0.1) is 0 Å². The summed E-state index contributed by atoms with van der Waals surface area (Å²) in [6.45, 7) is 0.312. The number of carboxylic acid groups (broad SMARTS) is 1. The summed E-state index contributed by atoms with van der Waals surface area (Å²) in [6, 6.07) is 6.82. The van der Waals surface area contributed by atoms with E-state index in [9.17, 15) is 9.59 Å². The molecule has 8 nitrogen and oxygen atoms in total. The van der Waals surface area contributed by atoms with Crippen LogP contribution in [0.1, 0.15) is 0 Å². The molecular weight excluding hydrogens is 368 g/mol. The molecule has 0 radical (unpaired) electrons. The van der Waals surface area contributed by atoms with E-state index in [0.29, 0.717) is 17.4 Å². The van der Waals surface area contributed by atoms with Crippen LogP contribution in [0.4, 0.5) is 16.3 Å². The molecule has 0 fully saturated rings. The Labute approximate surface area is 140 Å². The SMILES string of the molecule is CN(c1cccc(OCCNC(=O)O)n1)c1cc(Br)c[nH]c1=O. The van der Waals surface area contributed by atoms with Gasteiger partial charge in [0.05, 0.1) is 6.54 Å². The zero-order valence-corrected chi connectivity index (χ0v) is 13.8. The van der Waals surface area contributed by atoms with Gasteiger partial charge in [0.25, 0.3) is 5.56 Å². The zero-order valence-electron chi connectivity index (χ0n) is 12.2. The van der Waals surface area contributed by atoms with Gasteiger partial charge in [-0.2, -0.15) is 4.98 Å². The van der Waals surface area contributed by atoms with Crippen molar-refractivity contribution < 1.29 is 14.6 Å². The van der Waals surface area contributed by atoms with Gasteiger partial charge in [-0.05, 0) is 28.1 Å². The maximum Gasteiger partial charge on any atom is 0.404 e. The van der Waals surface area contributed by atoms with Crippen molar-refractivity contribution in [1.82, 2.24) is 15.3 Å². The molecule has 2 aromatic heterocycles. The van der Waals surface area contributed by atoms with Crippen molar-refractivity contribution in [3.05, 3.63) is 45.3 Å². The Bertz CT molecular complexity index is 750. The molecule has 0 aliphatic heterocycles. The number of nitrogens with one attached hydrogen (secondary N) is 2. The summed E-state index contributed by atoms with van der Waals surface area (Å²) >= 11 is 3.31. The average Bonchev–Trinajstić information content (AvgIpc) is 2.53. The Morgan fingerprint density at radius 1 is 1.52 bits per heavy atom. The number of nitrogens with zero attached hydrogens (tertiary/aromatic N) is 2. The molecule has 0 aliphatic carbocycles. The third kappa shape index (κ3) is 4.71. The molecule has 122 valence electrons. The summed E-state index contributed by atoms with van der Waals surface area (Å²) in [5.74, 6) is 0.866. The summed E-state index contributed by atoms with van der Waals surface area (Å²) in [4.78, 5) is 30.8. The maximum absolute atomic E-state index is 11.9. The highest BCUT2D eigenvalue weighted by molar-refractivity contribution is 9.10. The Morgan fingerprint density at radius 2 is 2.30 bits per heavy atom. The van der Waals surface area contributed by atoms with E-state index in [-0.39, 0.29) is 18.7 Å². The van der Waals surface area contributed by atoms with E-state index in [1.165, 1.54) is 0 Å². The summed E-state index contributed by atoms with van der Waals surface area (Å²) in [6.07, 6.45) is 0.450. The van der Waals surface area contributed by atoms with Crippen molar-refractivity contribution in [2.45, 2.75) is 0 Å². The first-order chi connectivity index (χ1) is 11.0. The molecule has 9 heteroatoms. The van der Waals surface area contributed by atoms with Crippen LogP contribution in [0.25, 0.3) is 0 Å². The Balaban J connectivity index is 2.11. The number of aromatic nitrogens is 2. The highest BCUT2D eigenvalue weighted by Gasteiger charge is 2.11. The first-order valence-corrected chi connectivity index (χ1v) is 7.45. The van der Waals surface area contributed by atoms with Gasteiger partial charge in [0.2, 0.25) is 5.88 Å². The second-order valence-corrected chi connectivity index (χ2v) is 5.42. The molecule has 0 unspecified atom stereocenters. The number of amides is 1. The molecule has 0 spiro atoms. The lowest BCUT2D eigenvalue weighted by Gasteiger charge is -2.18. The minimum absolute atomic E-state index is 0.155. The topological polar surface area (TPSA) is 108 Å². The molecule has 3 N–H and O–H groups in total. The second-order valence-electron chi connectivity index (χ2n) is 4.51. The number of hydrogen-bond acceptors (Lipinski definition) is 5. The van der Waals surface area contributed by atoms with Crippen molar-refractivity contribution in [1.29, 1.82) is 0 Å². The number of H-pyrrole nitrogens is 1. The molecular formula is C14H15BrN4O4. The number of rotatable bonds is 6. The zero-order chi connectivity index (χ0) is 16.8.